The summed E-state index contributed by atoms with van der Waals surface area (Å²) in [5, 5.41) is 6.34. The van der Waals surface area contributed by atoms with Crippen molar-refractivity contribution in [3.8, 4) is 0 Å². The maximum Gasteiger partial charge on any atom is 0.416 e. The van der Waals surface area contributed by atoms with Gasteiger partial charge in [0.15, 0.2) is 0 Å². The molecule has 1 saturated carbocycles. The number of hydrogen-bond acceptors (Lipinski definition) is 5. The monoisotopic (exact) mass is 438 g/mol. The number of rotatable bonds is 5. The summed E-state index contributed by atoms with van der Waals surface area (Å²) in [7, 11) is 0. The van der Waals surface area contributed by atoms with Crippen LogP contribution in [0.2, 0.25) is 0 Å². The van der Waals surface area contributed by atoms with Crippen LogP contribution in [0.15, 0.2) is 40.2 Å². The zero-order valence-electron chi connectivity index (χ0n) is 15.6. The molecule has 1 aromatic carbocycles. The minimum atomic E-state index is -4.53. The molecule has 0 saturated heterocycles. The van der Waals surface area contributed by atoms with E-state index < -0.39 is 29.8 Å². The molecule has 7 nitrogen and oxygen atoms in total. The number of carbonyl (C=O) groups is 2. The summed E-state index contributed by atoms with van der Waals surface area (Å²) in [5.41, 5.74) is -1.30. The van der Waals surface area contributed by atoms with Crippen molar-refractivity contribution < 1.29 is 22.8 Å². The molecule has 11 heteroatoms. The Morgan fingerprint density at radius 1 is 1.27 bits per heavy atom. The van der Waals surface area contributed by atoms with Crippen LogP contribution in [0.4, 0.5) is 24.5 Å². The van der Waals surface area contributed by atoms with Crippen molar-refractivity contribution in [2.24, 2.45) is 5.92 Å². The van der Waals surface area contributed by atoms with E-state index in [2.05, 4.69) is 10.4 Å². The molecule has 1 aliphatic heterocycles. The van der Waals surface area contributed by atoms with Gasteiger partial charge in [0, 0.05) is 12.2 Å². The first-order chi connectivity index (χ1) is 14.2. The van der Waals surface area contributed by atoms with Gasteiger partial charge in [-0.1, -0.05) is 6.07 Å². The fraction of sp³-hybridized carbons (Fsp3) is 0.368. The summed E-state index contributed by atoms with van der Waals surface area (Å²) in [6.07, 6.45) is -1.09. The van der Waals surface area contributed by atoms with E-state index in [1.165, 1.54) is 35.0 Å². The molecule has 1 N–H and O–H groups in total. The minimum Gasteiger partial charge on any atom is -0.324 e. The SMILES string of the molecule is O=C(Cn1ncc2c(c1=O)N(CC1CC1)C(=O)CS2)Nc1cccc(C(F)(F)F)c1. The van der Waals surface area contributed by atoms with Crippen molar-refractivity contribution in [2.75, 3.05) is 22.5 Å². The molecule has 0 spiro atoms. The van der Waals surface area contributed by atoms with Gasteiger partial charge < -0.3 is 10.2 Å². The maximum atomic E-state index is 12.9. The second-order valence-corrected chi connectivity index (χ2v) is 8.20. The standard InChI is InChI=1S/C19H17F3N4O3S/c20-19(21,22)12-2-1-3-13(6-12)24-15(27)9-26-18(29)17-14(7-23-26)30-10-16(28)25(17)8-11-4-5-11/h1-3,6-7,11H,4-5,8-10H2,(H,24,27). The van der Waals surface area contributed by atoms with Crippen LogP contribution in [0.5, 0.6) is 0 Å². The summed E-state index contributed by atoms with van der Waals surface area (Å²) in [5.74, 6) is -0.272. The number of amides is 2. The summed E-state index contributed by atoms with van der Waals surface area (Å²) >= 11 is 1.22. The highest BCUT2D eigenvalue weighted by Gasteiger charge is 2.34. The molecule has 0 atom stereocenters. The van der Waals surface area contributed by atoms with Crippen molar-refractivity contribution >= 4 is 35.0 Å². The number of alkyl halides is 3. The van der Waals surface area contributed by atoms with E-state index in [1.807, 2.05) is 0 Å². The zero-order chi connectivity index (χ0) is 21.5. The van der Waals surface area contributed by atoms with Crippen molar-refractivity contribution in [3.63, 3.8) is 0 Å². The maximum absolute atomic E-state index is 12.9. The van der Waals surface area contributed by atoms with Crippen LogP contribution in [0.1, 0.15) is 18.4 Å². The van der Waals surface area contributed by atoms with Crippen LogP contribution < -0.4 is 15.8 Å². The molecule has 30 heavy (non-hydrogen) atoms. The molecule has 2 aliphatic rings. The molecule has 2 amide bonds. The lowest BCUT2D eigenvalue weighted by atomic mass is 10.2. The van der Waals surface area contributed by atoms with Crippen molar-refractivity contribution in [1.82, 2.24) is 9.78 Å². The Balaban J connectivity index is 1.54. The van der Waals surface area contributed by atoms with E-state index in [9.17, 15) is 27.6 Å². The van der Waals surface area contributed by atoms with Crippen molar-refractivity contribution in [1.29, 1.82) is 0 Å². The predicted octanol–water partition coefficient (Wildman–Crippen LogP) is 2.75. The largest absolute Gasteiger partial charge is 0.416 e. The third-order valence-electron chi connectivity index (χ3n) is 4.81. The van der Waals surface area contributed by atoms with Gasteiger partial charge >= 0.3 is 6.18 Å². The van der Waals surface area contributed by atoms with E-state index >= 15 is 0 Å². The lowest BCUT2D eigenvalue weighted by Gasteiger charge is -2.28. The number of aromatic nitrogens is 2. The van der Waals surface area contributed by atoms with Crippen LogP contribution >= 0.6 is 11.8 Å². The van der Waals surface area contributed by atoms with Crippen LogP contribution in [0, 0.1) is 5.92 Å². The average molecular weight is 438 g/mol. The van der Waals surface area contributed by atoms with Crippen LogP contribution in [-0.2, 0) is 22.3 Å². The summed E-state index contributed by atoms with van der Waals surface area (Å²) in [4.78, 5) is 39.6. The fourth-order valence-corrected chi connectivity index (χ4v) is 4.02. The van der Waals surface area contributed by atoms with Gasteiger partial charge in [0.25, 0.3) is 5.56 Å². The first kappa shape index (κ1) is 20.5. The highest BCUT2D eigenvalue weighted by Crippen LogP contribution is 2.36. The van der Waals surface area contributed by atoms with Crippen LogP contribution in [0.3, 0.4) is 0 Å². The number of nitrogens with zero attached hydrogens (tertiary/aromatic N) is 3. The lowest BCUT2D eigenvalue weighted by molar-refractivity contribution is -0.137. The van der Waals surface area contributed by atoms with Crippen LogP contribution in [-0.4, -0.2) is 33.9 Å². The zero-order valence-corrected chi connectivity index (χ0v) is 16.4. The summed E-state index contributed by atoms with van der Waals surface area (Å²) in [6, 6.07) is 4.21. The van der Waals surface area contributed by atoms with E-state index in [0.717, 1.165) is 29.7 Å². The second-order valence-electron chi connectivity index (χ2n) is 7.18. The molecule has 1 aromatic heterocycles. The number of carbonyl (C=O) groups excluding carboxylic acids is 2. The van der Waals surface area contributed by atoms with Crippen LogP contribution in [0.25, 0.3) is 0 Å². The second kappa shape index (κ2) is 7.78. The molecule has 1 aliphatic carbocycles. The topological polar surface area (TPSA) is 84.3 Å². The molecule has 0 radical (unpaired) electrons. The summed E-state index contributed by atoms with van der Waals surface area (Å²) < 4.78 is 39.4. The molecular formula is C19H17F3N4O3S. The molecule has 2 aromatic rings. The van der Waals surface area contributed by atoms with Gasteiger partial charge in [-0.3, -0.25) is 14.4 Å². The molecule has 0 unspecified atom stereocenters. The summed E-state index contributed by atoms with van der Waals surface area (Å²) in [6.45, 7) is -0.0272. The van der Waals surface area contributed by atoms with E-state index in [0.29, 0.717) is 17.4 Å². The number of nitrogens with one attached hydrogen (secondary N) is 1. The van der Waals surface area contributed by atoms with Gasteiger partial charge in [0.2, 0.25) is 11.8 Å². The van der Waals surface area contributed by atoms with E-state index in [1.54, 1.807) is 0 Å². The molecule has 2 heterocycles. The van der Waals surface area contributed by atoms with Gasteiger partial charge in [-0.05, 0) is 37.0 Å². The van der Waals surface area contributed by atoms with Crippen molar-refractivity contribution in [2.45, 2.75) is 30.5 Å². The Morgan fingerprint density at radius 2 is 2.03 bits per heavy atom. The highest BCUT2D eigenvalue weighted by atomic mass is 32.2. The molecule has 4 rings (SSSR count). The van der Waals surface area contributed by atoms with Gasteiger partial charge in [-0.25, -0.2) is 4.68 Å². The fourth-order valence-electron chi connectivity index (χ4n) is 3.13. The van der Waals surface area contributed by atoms with Crippen molar-refractivity contribution in [3.05, 3.63) is 46.4 Å². The van der Waals surface area contributed by atoms with Gasteiger partial charge in [-0.2, -0.15) is 18.3 Å². The smallest absolute Gasteiger partial charge is 0.324 e. The lowest BCUT2D eigenvalue weighted by Crippen LogP contribution is -2.43. The number of hydrogen-bond donors (Lipinski definition) is 1. The van der Waals surface area contributed by atoms with Gasteiger partial charge in [-0.15, -0.1) is 11.8 Å². The number of anilines is 2. The average Bonchev–Trinajstić information content (AvgIpc) is 3.50. The first-order valence-electron chi connectivity index (χ1n) is 9.23. The predicted molar refractivity (Wildman–Crippen MR) is 104 cm³/mol. The molecular weight excluding hydrogens is 421 g/mol. The Labute approximate surface area is 173 Å². The van der Waals surface area contributed by atoms with Gasteiger partial charge in [0.1, 0.15) is 12.2 Å². The third-order valence-corrected chi connectivity index (χ3v) is 5.81. The molecule has 1 fully saturated rings. The quantitative estimate of drug-likeness (QED) is 0.776. The molecule has 0 bridgehead atoms. The van der Waals surface area contributed by atoms with E-state index in [-0.39, 0.29) is 23.0 Å². The first-order valence-corrected chi connectivity index (χ1v) is 10.2. The normalized spacial score (nSPS) is 16.4. The minimum absolute atomic E-state index is 0.0399. The number of thioether (sulfide) groups is 1. The Kier molecular flexibility index (Phi) is 5.31. The number of halogens is 3. The Bertz CT molecular complexity index is 1070. The van der Waals surface area contributed by atoms with E-state index in [4.69, 9.17) is 0 Å². The Morgan fingerprint density at radius 3 is 2.73 bits per heavy atom. The number of benzene rings is 1. The third kappa shape index (κ3) is 4.35. The highest BCUT2D eigenvalue weighted by molar-refractivity contribution is 8.00. The molecule has 158 valence electrons. The van der Waals surface area contributed by atoms with Gasteiger partial charge in [0.05, 0.1) is 22.4 Å². The number of fused-ring (bicyclic) bond motifs is 1. The Hall–Kier alpha value is -2.82.